The lowest BCUT2D eigenvalue weighted by atomic mass is 9.74. The van der Waals surface area contributed by atoms with Crippen molar-refractivity contribution in [2.45, 2.75) is 46.6 Å². The number of amides is 2. The highest BCUT2D eigenvalue weighted by molar-refractivity contribution is 5.79. The van der Waals surface area contributed by atoms with Crippen molar-refractivity contribution in [1.82, 2.24) is 10.2 Å². The topological polar surface area (TPSA) is 69.6 Å². The molecule has 5 nitrogen and oxygen atoms in total. The molecule has 0 saturated carbocycles. The van der Waals surface area contributed by atoms with E-state index in [-0.39, 0.29) is 6.03 Å². The molecule has 18 heavy (non-hydrogen) atoms. The van der Waals surface area contributed by atoms with Crippen LogP contribution >= 0.6 is 0 Å². The quantitative estimate of drug-likeness (QED) is 0.810. The van der Waals surface area contributed by atoms with E-state index in [2.05, 4.69) is 12.2 Å². The molecule has 1 unspecified atom stereocenters. The van der Waals surface area contributed by atoms with E-state index in [0.29, 0.717) is 5.92 Å². The molecule has 1 aliphatic rings. The van der Waals surface area contributed by atoms with Gasteiger partial charge in [-0.25, -0.2) is 4.79 Å². The van der Waals surface area contributed by atoms with E-state index in [1.807, 2.05) is 0 Å². The van der Waals surface area contributed by atoms with E-state index < -0.39 is 16.9 Å². The molecule has 0 radical (unpaired) electrons. The van der Waals surface area contributed by atoms with Gasteiger partial charge >= 0.3 is 12.0 Å². The summed E-state index contributed by atoms with van der Waals surface area (Å²) in [6.07, 6.45) is 1.01. The molecule has 1 heterocycles. The van der Waals surface area contributed by atoms with Crippen LogP contribution in [0.25, 0.3) is 0 Å². The maximum absolute atomic E-state index is 12.1. The molecule has 0 aromatic heterocycles. The molecular weight excluding hydrogens is 232 g/mol. The van der Waals surface area contributed by atoms with Gasteiger partial charge in [0, 0.05) is 13.1 Å². The Hall–Kier alpha value is -1.26. The molecule has 0 aromatic carbocycles. The monoisotopic (exact) mass is 256 g/mol. The van der Waals surface area contributed by atoms with Crippen LogP contribution in [-0.4, -0.2) is 40.6 Å². The molecule has 2 N–H and O–H groups in total. The molecule has 1 rings (SSSR count). The van der Waals surface area contributed by atoms with Gasteiger partial charge in [0.05, 0.1) is 11.0 Å². The Morgan fingerprint density at radius 3 is 2.22 bits per heavy atom. The van der Waals surface area contributed by atoms with Crippen molar-refractivity contribution >= 4 is 12.0 Å². The van der Waals surface area contributed by atoms with Gasteiger partial charge < -0.3 is 15.3 Å². The zero-order valence-electron chi connectivity index (χ0n) is 11.9. The van der Waals surface area contributed by atoms with Crippen molar-refractivity contribution in [3.63, 3.8) is 0 Å². The summed E-state index contributed by atoms with van der Waals surface area (Å²) < 4.78 is 0. The molecular formula is C13H24N2O3. The molecule has 1 saturated heterocycles. The Bertz CT molecular complexity index is 350. The van der Waals surface area contributed by atoms with Crippen LogP contribution < -0.4 is 5.32 Å². The zero-order chi connectivity index (χ0) is 14.1. The van der Waals surface area contributed by atoms with Crippen molar-refractivity contribution in [3.05, 3.63) is 0 Å². The van der Waals surface area contributed by atoms with Gasteiger partial charge in [-0.3, -0.25) is 4.79 Å². The number of carboxylic acid groups (broad SMARTS) is 1. The predicted octanol–water partition coefficient (Wildman–Crippen LogP) is 1.93. The SMILES string of the molecule is CC1CCN(C(=O)NC(C)(C)C(C)(C)C(=O)O)C1. The molecule has 0 spiro atoms. The van der Waals surface area contributed by atoms with Crippen LogP contribution in [0.5, 0.6) is 0 Å². The van der Waals surface area contributed by atoms with Gasteiger partial charge in [-0.05, 0) is 40.0 Å². The van der Waals surface area contributed by atoms with Crippen molar-refractivity contribution in [2.24, 2.45) is 11.3 Å². The van der Waals surface area contributed by atoms with Crippen LogP contribution in [0.1, 0.15) is 41.0 Å². The third kappa shape index (κ3) is 2.76. The fourth-order valence-corrected chi connectivity index (χ4v) is 1.89. The van der Waals surface area contributed by atoms with Crippen LogP contribution in [0.2, 0.25) is 0 Å². The number of hydrogen-bond acceptors (Lipinski definition) is 2. The van der Waals surface area contributed by atoms with E-state index >= 15 is 0 Å². The zero-order valence-corrected chi connectivity index (χ0v) is 11.9. The van der Waals surface area contributed by atoms with Crippen LogP contribution in [0.15, 0.2) is 0 Å². The van der Waals surface area contributed by atoms with Gasteiger partial charge in [-0.15, -0.1) is 0 Å². The first kappa shape index (κ1) is 14.8. The number of likely N-dealkylation sites (tertiary alicyclic amines) is 1. The number of rotatable bonds is 3. The third-order valence-corrected chi connectivity index (χ3v) is 4.23. The maximum atomic E-state index is 12.1. The van der Waals surface area contributed by atoms with Gasteiger partial charge in [0.2, 0.25) is 0 Å². The van der Waals surface area contributed by atoms with Gasteiger partial charge in [0.25, 0.3) is 0 Å². The highest BCUT2D eigenvalue weighted by Crippen LogP contribution is 2.31. The van der Waals surface area contributed by atoms with Crippen LogP contribution in [0.4, 0.5) is 4.79 Å². The van der Waals surface area contributed by atoms with Gasteiger partial charge in [-0.2, -0.15) is 0 Å². The number of urea groups is 1. The predicted molar refractivity (Wildman–Crippen MR) is 69.4 cm³/mol. The summed E-state index contributed by atoms with van der Waals surface area (Å²) >= 11 is 0. The standard InChI is InChI=1S/C13H24N2O3/c1-9-6-7-15(8-9)11(18)14-13(4,5)12(2,3)10(16)17/h9H,6-8H2,1-5H3,(H,14,18)(H,16,17). The van der Waals surface area contributed by atoms with Crippen LogP contribution in [0, 0.1) is 11.3 Å². The van der Waals surface area contributed by atoms with Crippen LogP contribution in [-0.2, 0) is 4.79 Å². The van der Waals surface area contributed by atoms with E-state index in [4.69, 9.17) is 0 Å². The molecule has 0 aliphatic carbocycles. The molecule has 1 fully saturated rings. The van der Waals surface area contributed by atoms with E-state index in [9.17, 15) is 14.7 Å². The second-order valence-corrected chi connectivity index (χ2v) is 6.33. The fraction of sp³-hybridized carbons (Fsp3) is 0.846. The molecule has 104 valence electrons. The number of carboxylic acids is 1. The van der Waals surface area contributed by atoms with Crippen molar-refractivity contribution in [3.8, 4) is 0 Å². The molecule has 5 heteroatoms. The van der Waals surface area contributed by atoms with E-state index in [1.54, 1.807) is 32.6 Å². The first-order valence-electron chi connectivity index (χ1n) is 6.38. The molecule has 1 aliphatic heterocycles. The summed E-state index contributed by atoms with van der Waals surface area (Å²) in [6.45, 7) is 10.4. The highest BCUT2D eigenvalue weighted by Gasteiger charge is 2.45. The van der Waals surface area contributed by atoms with Crippen molar-refractivity contribution < 1.29 is 14.7 Å². The Balaban J connectivity index is 2.71. The molecule has 2 amide bonds. The second-order valence-electron chi connectivity index (χ2n) is 6.33. The molecule has 1 atom stereocenters. The average Bonchev–Trinajstić information content (AvgIpc) is 2.63. The smallest absolute Gasteiger partial charge is 0.317 e. The first-order chi connectivity index (χ1) is 8.08. The van der Waals surface area contributed by atoms with Gasteiger partial charge in [0.1, 0.15) is 0 Å². The lowest BCUT2D eigenvalue weighted by Gasteiger charge is -2.39. The summed E-state index contributed by atoms with van der Waals surface area (Å²) in [5, 5.41) is 12.1. The number of nitrogens with zero attached hydrogens (tertiary/aromatic N) is 1. The second kappa shape index (κ2) is 4.78. The Morgan fingerprint density at radius 1 is 1.28 bits per heavy atom. The summed E-state index contributed by atoms with van der Waals surface area (Å²) in [7, 11) is 0. The first-order valence-corrected chi connectivity index (χ1v) is 6.38. The summed E-state index contributed by atoms with van der Waals surface area (Å²) in [6, 6.07) is -0.168. The number of nitrogens with one attached hydrogen (secondary N) is 1. The largest absolute Gasteiger partial charge is 0.481 e. The number of carbonyl (C=O) groups is 2. The Kier molecular flexibility index (Phi) is 3.93. The van der Waals surface area contributed by atoms with Gasteiger partial charge in [0.15, 0.2) is 0 Å². The lowest BCUT2D eigenvalue weighted by molar-refractivity contribution is -0.150. The summed E-state index contributed by atoms with van der Waals surface area (Å²) in [5.41, 5.74) is -1.82. The van der Waals surface area contributed by atoms with Crippen LogP contribution in [0.3, 0.4) is 0 Å². The number of aliphatic carboxylic acids is 1. The fourth-order valence-electron chi connectivity index (χ4n) is 1.89. The lowest BCUT2D eigenvalue weighted by Crippen LogP contribution is -2.59. The van der Waals surface area contributed by atoms with E-state index in [1.165, 1.54) is 0 Å². The minimum absolute atomic E-state index is 0.168. The normalized spacial score (nSPS) is 20.9. The Labute approximate surface area is 109 Å². The molecule has 0 bridgehead atoms. The Morgan fingerprint density at radius 2 is 1.83 bits per heavy atom. The third-order valence-electron chi connectivity index (χ3n) is 4.23. The average molecular weight is 256 g/mol. The number of carbonyl (C=O) groups excluding carboxylic acids is 1. The highest BCUT2D eigenvalue weighted by atomic mass is 16.4. The van der Waals surface area contributed by atoms with Gasteiger partial charge in [-0.1, -0.05) is 6.92 Å². The summed E-state index contributed by atoms with van der Waals surface area (Å²) in [4.78, 5) is 25.1. The maximum Gasteiger partial charge on any atom is 0.317 e. The van der Waals surface area contributed by atoms with Crippen molar-refractivity contribution in [2.75, 3.05) is 13.1 Å². The summed E-state index contributed by atoms with van der Waals surface area (Å²) in [5.74, 6) is -0.395. The molecule has 0 aromatic rings. The minimum atomic E-state index is -1.02. The van der Waals surface area contributed by atoms with Crippen molar-refractivity contribution in [1.29, 1.82) is 0 Å². The van der Waals surface area contributed by atoms with E-state index in [0.717, 1.165) is 19.5 Å². The minimum Gasteiger partial charge on any atom is -0.481 e. The number of hydrogen-bond donors (Lipinski definition) is 2.